The summed E-state index contributed by atoms with van der Waals surface area (Å²) in [5.74, 6) is -0.145. The molecule has 0 aliphatic carbocycles. The Bertz CT molecular complexity index is 821. The largest absolute Gasteiger partial charge is 0.318 e. The van der Waals surface area contributed by atoms with E-state index in [1.807, 2.05) is 0 Å². The van der Waals surface area contributed by atoms with Crippen molar-refractivity contribution in [1.82, 2.24) is 9.97 Å². The number of amides is 1. The summed E-state index contributed by atoms with van der Waals surface area (Å²) in [5.41, 5.74) is -0.169. The van der Waals surface area contributed by atoms with E-state index in [-0.39, 0.29) is 40.5 Å². The Hall–Kier alpha value is -2.43. The summed E-state index contributed by atoms with van der Waals surface area (Å²) in [6, 6.07) is 1.12. The van der Waals surface area contributed by atoms with Gasteiger partial charge in [-0.05, 0) is 30.6 Å². The third-order valence-electron chi connectivity index (χ3n) is 2.72. The van der Waals surface area contributed by atoms with Crippen LogP contribution in [0, 0.1) is 6.85 Å². The van der Waals surface area contributed by atoms with Gasteiger partial charge in [-0.15, -0.1) is 0 Å². The molecule has 2 aromatic rings. The molecule has 3 rings (SSSR count). The van der Waals surface area contributed by atoms with Crippen LogP contribution in [0.4, 0.5) is 17.3 Å². The summed E-state index contributed by atoms with van der Waals surface area (Å²) in [6.45, 7) is -2.58. The number of anilines is 3. The molecule has 0 spiro atoms. The quantitative estimate of drug-likeness (QED) is 0.772. The topological polar surface area (TPSA) is 58.1 Å². The van der Waals surface area contributed by atoms with Crippen molar-refractivity contribution in [1.29, 1.82) is 0 Å². The summed E-state index contributed by atoms with van der Waals surface area (Å²) in [6.07, 6.45) is 2.42. The van der Waals surface area contributed by atoms with Crippen molar-refractivity contribution in [3.63, 3.8) is 0 Å². The first-order chi connectivity index (χ1) is 10.7. The normalized spacial score (nSPS) is 18.2. The Morgan fingerprint density at radius 2 is 2.22 bits per heavy atom. The molecule has 1 aliphatic heterocycles. The molecule has 3 heterocycles. The number of fused-ring (bicyclic) bond motifs is 2. The number of hydrogen-bond acceptors (Lipinski definition) is 4. The number of pyridine rings is 2. The van der Waals surface area contributed by atoms with Crippen molar-refractivity contribution in [2.75, 3.05) is 17.3 Å². The maximum absolute atomic E-state index is 12.4. The maximum Gasteiger partial charge on any atom is 0.259 e. The van der Waals surface area contributed by atoms with Crippen molar-refractivity contribution >= 4 is 23.2 Å². The average molecular weight is 245 g/mol. The van der Waals surface area contributed by atoms with Gasteiger partial charge in [-0.25, -0.2) is 9.97 Å². The molecule has 5 heteroatoms. The fourth-order valence-electron chi connectivity index (χ4n) is 1.85. The zero-order chi connectivity index (χ0) is 16.9. The Morgan fingerprint density at radius 1 is 1.39 bits per heavy atom. The first-order valence-corrected chi connectivity index (χ1v) is 5.22. The Labute approximate surface area is 112 Å². The molecule has 0 saturated heterocycles. The third-order valence-corrected chi connectivity index (χ3v) is 2.72. The van der Waals surface area contributed by atoms with Gasteiger partial charge in [0.1, 0.15) is 5.82 Å². The Morgan fingerprint density at radius 3 is 3.06 bits per heavy atom. The van der Waals surface area contributed by atoms with Gasteiger partial charge in [0.15, 0.2) is 5.82 Å². The predicted octanol–water partition coefficient (Wildman–Crippen LogP) is 2.12. The van der Waals surface area contributed by atoms with Gasteiger partial charge in [-0.3, -0.25) is 4.79 Å². The predicted molar refractivity (Wildman–Crippen MR) is 69.2 cm³/mol. The molecule has 1 N–H and O–H groups in total. The van der Waals surface area contributed by atoms with Crippen LogP contribution >= 0.6 is 0 Å². The van der Waals surface area contributed by atoms with Crippen LogP contribution in [-0.4, -0.2) is 22.9 Å². The fourth-order valence-corrected chi connectivity index (χ4v) is 1.85. The van der Waals surface area contributed by atoms with Crippen molar-refractivity contribution in [3.05, 3.63) is 41.7 Å². The second-order valence-electron chi connectivity index (χ2n) is 3.80. The lowest BCUT2D eigenvalue weighted by atomic mass is 10.2. The minimum Gasteiger partial charge on any atom is -0.318 e. The van der Waals surface area contributed by atoms with Gasteiger partial charge in [0.05, 0.1) is 14.0 Å². The van der Waals surface area contributed by atoms with E-state index in [9.17, 15) is 4.79 Å². The van der Waals surface area contributed by atoms with E-state index in [1.165, 1.54) is 17.2 Å². The standard InChI is InChI=1S/C13H12N4O/c1-8-5-7-15-12-10(8)16-13(18)9-4-3-6-14-11(9)17(12)2/h3-7H,1-2H3,(H,16,18)/i1D3,3D,5D. The van der Waals surface area contributed by atoms with Crippen LogP contribution in [0.3, 0.4) is 0 Å². The van der Waals surface area contributed by atoms with Crippen LogP contribution in [0.25, 0.3) is 0 Å². The van der Waals surface area contributed by atoms with E-state index in [4.69, 9.17) is 6.85 Å². The molecule has 0 aromatic carbocycles. The smallest absolute Gasteiger partial charge is 0.259 e. The van der Waals surface area contributed by atoms with Gasteiger partial charge in [0, 0.05) is 23.6 Å². The molecule has 5 nitrogen and oxygen atoms in total. The lowest BCUT2D eigenvalue weighted by molar-refractivity contribution is 0.102. The molecule has 18 heavy (non-hydrogen) atoms. The number of aromatic nitrogens is 2. The molecule has 0 atom stereocenters. The van der Waals surface area contributed by atoms with Gasteiger partial charge in [0.2, 0.25) is 0 Å². The summed E-state index contributed by atoms with van der Waals surface area (Å²) < 4.78 is 38.3. The summed E-state index contributed by atoms with van der Waals surface area (Å²) in [4.78, 5) is 22.0. The molecule has 1 amide bonds. The van der Waals surface area contributed by atoms with Gasteiger partial charge < -0.3 is 10.2 Å². The molecule has 90 valence electrons. The lowest BCUT2D eigenvalue weighted by Crippen LogP contribution is -2.14. The molecule has 1 aliphatic rings. The van der Waals surface area contributed by atoms with Crippen molar-refractivity contribution in [2.45, 2.75) is 6.85 Å². The van der Waals surface area contributed by atoms with Crippen LogP contribution in [0.5, 0.6) is 0 Å². The Kier molecular flexibility index (Phi) is 1.37. The molecule has 0 saturated carbocycles. The number of carbonyl (C=O) groups is 1. The molecule has 0 radical (unpaired) electrons. The summed E-state index contributed by atoms with van der Waals surface area (Å²) in [5, 5.41) is 2.51. The first kappa shape index (κ1) is 6.49. The Balaban J connectivity index is 2.30. The molecular weight excluding hydrogens is 228 g/mol. The van der Waals surface area contributed by atoms with E-state index >= 15 is 0 Å². The SMILES string of the molecule is [2H]c1cnc2c(c1)C(=O)Nc1c(ncc([2H])c1C([2H])([2H])[2H])N2C. The highest BCUT2D eigenvalue weighted by Crippen LogP contribution is 2.35. The van der Waals surface area contributed by atoms with E-state index in [2.05, 4.69) is 15.3 Å². The highest BCUT2D eigenvalue weighted by atomic mass is 16.1. The van der Waals surface area contributed by atoms with Gasteiger partial charge >= 0.3 is 0 Å². The van der Waals surface area contributed by atoms with Gasteiger partial charge in [-0.2, -0.15) is 0 Å². The minimum absolute atomic E-state index is 0.0328. The molecule has 2 aromatic heterocycles. The van der Waals surface area contributed by atoms with E-state index in [0.717, 1.165) is 6.20 Å². The number of carbonyl (C=O) groups excluding carboxylic acids is 1. The second-order valence-corrected chi connectivity index (χ2v) is 3.80. The summed E-state index contributed by atoms with van der Waals surface area (Å²) >= 11 is 0. The monoisotopic (exact) mass is 245 g/mol. The van der Waals surface area contributed by atoms with Gasteiger partial charge in [0.25, 0.3) is 5.91 Å². The minimum atomic E-state index is -2.58. The second kappa shape index (κ2) is 3.80. The van der Waals surface area contributed by atoms with Crippen molar-refractivity contribution in [3.8, 4) is 0 Å². The van der Waals surface area contributed by atoms with Crippen molar-refractivity contribution in [2.24, 2.45) is 0 Å². The number of hydrogen-bond donors (Lipinski definition) is 1. The maximum atomic E-state index is 12.4. The van der Waals surface area contributed by atoms with Crippen LogP contribution in [0.15, 0.2) is 30.5 Å². The number of rotatable bonds is 0. The van der Waals surface area contributed by atoms with E-state index in [1.54, 1.807) is 7.05 Å². The molecule has 0 fully saturated rings. The van der Waals surface area contributed by atoms with Crippen LogP contribution in [-0.2, 0) is 0 Å². The number of nitrogens with one attached hydrogen (secondary N) is 1. The molecular formula is C13H12N4O. The molecule has 0 unspecified atom stereocenters. The third kappa shape index (κ3) is 1.44. The van der Waals surface area contributed by atoms with Crippen LogP contribution in [0.2, 0.25) is 0 Å². The zero-order valence-electron chi connectivity index (χ0n) is 14.5. The lowest BCUT2D eigenvalue weighted by Gasteiger charge is -2.18. The number of nitrogens with zero attached hydrogens (tertiary/aromatic N) is 3. The van der Waals surface area contributed by atoms with Crippen molar-refractivity contribution < 1.29 is 11.6 Å². The first-order valence-electron chi connectivity index (χ1n) is 7.72. The van der Waals surface area contributed by atoms with E-state index < -0.39 is 12.8 Å². The van der Waals surface area contributed by atoms with Crippen LogP contribution in [0.1, 0.15) is 22.8 Å². The highest BCUT2D eigenvalue weighted by Gasteiger charge is 2.25. The average Bonchev–Trinajstić information content (AvgIpc) is 2.54. The summed E-state index contributed by atoms with van der Waals surface area (Å²) in [7, 11) is 1.59. The van der Waals surface area contributed by atoms with Crippen LogP contribution < -0.4 is 10.2 Å². The van der Waals surface area contributed by atoms with Gasteiger partial charge in [-0.1, -0.05) is 0 Å². The fraction of sp³-hybridized carbons (Fsp3) is 0.154. The highest BCUT2D eigenvalue weighted by molar-refractivity contribution is 6.11. The molecule has 0 bridgehead atoms. The zero-order valence-corrected chi connectivity index (χ0v) is 9.48. The van der Waals surface area contributed by atoms with E-state index in [0.29, 0.717) is 0 Å².